The van der Waals surface area contributed by atoms with Gasteiger partial charge in [-0.05, 0) is 102 Å². The van der Waals surface area contributed by atoms with Crippen LogP contribution in [0.3, 0.4) is 0 Å². The molecule has 61 heavy (non-hydrogen) atoms. The minimum atomic E-state index is -2.39. The summed E-state index contributed by atoms with van der Waals surface area (Å²) in [5, 5.41) is 2.00. The number of hydrogen-bond donors (Lipinski definition) is 0. The molecular weight excluding hydrogens is 745 g/mol. The van der Waals surface area contributed by atoms with Crippen LogP contribution in [0, 0.1) is 13.7 Å². The summed E-state index contributed by atoms with van der Waals surface area (Å²) < 4.78 is 59.2. The van der Waals surface area contributed by atoms with E-state index < -0.39 is 13.7 Å². The van der Waals surface area contributed by atoms with E-state index in [-0.39, 0.29) is 11.1 Å². The van der Waals surface area contributed by atoms with Crippen molar-refractivity contribution < 1.29 is 13.0 Å². The Hall–Kier alpha value is -7.89. The average Bonchev–Trinajstić information content (AvgIpc) is 3.90. The fraction of sp³-hybridized carbons (Fsp3) is 0.0536. The van der Waals surface area contributed by atoms with Gasteiger partial charge < -0.3 is 14.5 Å². The maximum atomic E-state index is 8.80. The van der Waals surface area contributed by atoms with Gasteiger partial charge >= 0.3 is 0 Å². The van der Waals surface area contributed by atoms with Crippen molar-refractivity contribution in [3.63, 3.8) is 0 Å². The molecule has 0 N–H and O–H groups in total. The van der Waals surface area contributed by atoms with Gasteiger partial charge in [0.15, 0.2) is 0 Å². The molecule has 0 saturated carbocycles. The second-order valence-electron chi connectivity index (χ2n) is 15.2. The quantitative estimate of drug-likeness (QED) is 0.153. The fourth-order valence-electron chi connectivity index (χ4n) is 8.77. The van der Waals surface area contributed by atoms with E-state index >= 15 is 0 Å². The van der Waals surface area contributed by atoms with Crippen LogP contribution in [-0.2, 0) is 0 Å². The smallest absolute Gasteiger partial charge is 0.137 e. The molecule has 292 valence electrons. The lowest BCUT2D eigenvalue weighted by atomic mass is 9.91. The molecule has 0 amide bonds. The van der Waals surface area contributed by atoms with Crippen molar-refractivity contribution in [2.45, 2.75) is 13.7 Å². The molecule has 2 aromatic heterocycles. The van der Waals surface area contributed by atoms with Crippen LogP contribution in [0.2, 0.25) is 0 Å². The van der Waals surface area contributed by atoms with Gasteiger partial charge in [0.2, 0.25) is 0 Å². The molecule has 0 radical (unpaired) electrons. The molecule has 0 aliphatic carbocycles. The molecule has 3 heterocycles. The standard InChI is InChI=1S/C56H42N4O/c1-38-31-32-57-55(33-38)60-51-24-10-9-21-48(51)49-30-28-45(36-54(49)60)61-44-20-13-19-43(35-44)58-37-59(53-26-12-11-25-52(53)58)56-47(41-17-7-4-8-18-41)22-14-23-50(56)46-29-27-42(34-39(46)2)40-15-5-3-6-16-40/h3-36H,37H2,1-2H3/i1D3,2D3. The molecule has 1 aliphatic heterocycles. The molecule has 0 fully saturated rings. The van der Waals surface area contributed by atoms with Gasteiger partial charge in [0.1, 0.15) is 24.0 Å². The lowest BCUT2D eigenvalue weighted by Crippen LogP contribution is -2.25. The number of fused-ring (bicyclic) bond motifs is 4. The van der Waals surface area contributed by atoms with E-state index in [2.05, 4.69) is 57.2 Å². The zero-order valence-electron chi connectivity index (χ0n) is 39.0. The summed E-state index contributed by atoms with van der Waals surface area (Å²) in [6, 6.07) is 65.5. The first-order valence-corrected chi connectivity index (χ1v) is 20.3. The SMILES string of the molecule is [2H]C([2H])([2H])c1ccnc(-n2c3ccccc3c3ccc(Oc4cccc(N5CN(c6c(-c7ccccc7)cccc6-c6ccc(-c7ccccc7)cc6C([2H])([2H])[2H])c6ccccc65)c4)cc32)c1. The Balaban J connectivity index is 0.993. The normalized spacial score (nSPS) is 14.2. The van der Waals surface area contributed by atoms with Crippen LogP contribution in [0.4, 0.5) is 22.7 Å². The summed E-state index contributed by atoms with van der Waals surface area (Å²) in [7, 11) is 0. The highest BCUT2D eigenvalue weighted by Crippen LogP contribution is 2.51. The lowest BCUT2D eigenvalue weighted by Gasteiger charge is -2.28. The molecule has 5 heteroatoms. The van der Waals surface area contributed by atoms with Crippen molar-refractivity contribution in [2.24, 2.45) is 0 Å². The largest absolute Gasteiger partial charge is 0.457 e. The van der Waals surface area contributed by atoms with Gasteiger partial charge in [-0.25, -0.2) is 4.98 Å². The second kappa shape index (κ2) is 15.0. The van der Waals surface area contributed by atoms with Crippen molar-refractivity contribution in [3.8, 4) is 50.7 Å². The highest BCUT2D eigenvalue weighted by molar-refractivity contribution is 6.09. The molecule has 10 aromatic rings. The fourth-order valence-corrected chi connectivity index (χ4v) is 8.77. The molecule has 0 atom stereocenters. The monoisotopic (exact) mass is 792 g/mol. The Labute approximate surface area is 364 Å². The van der Waals surface area contributed by atoms with E-state index in [0.717, 1.165) is 72.4 Å². The summed E-state index contributed by atoms with van der Waals surface area (Å²) in [5.41, 5.74) is 11.2. The van der Waals surface area contributed by atoms with Crippen molar-refractivity contribution in [1.29, 1.82) is 0 Å². The predicted molar refractivity (Wildman–Crippen MR) is 253 cm³/mol. The van der Waals surface area contributed by atoms with E-state index in [0.29, 0.717) is 29.5 Å². The van der Waals surface area contributed by atoms with Gasteiger partial charge in [0.05, 0.1) is 28.1 Å². The van der Waals surface area contributed by atoms with E-state index in [4.69, 9.17) is 13.0 Å². The molecule has 0 bridgehead atoms. The van der Waals surface area contributed by atoms with Crippen LogP contribution >= 0.6 is 0 Å². The zero-order valence-corrected chi connectivity index (χ0v) is 33.0. The number of aromatic nitrogens is 2. The van der Waals surface area contributed by atoms with Gasteiger partial charge in [0, 0.05) is 54.1 Å². The first kappa shape index (κ1) is 30.2. The molecule has 11 rings (SSSR count). The zero-order chi connectivity index (χ0) is 45.9. The summed E-state index contributed by atoms with van der Waals surface area (Å²) >= 11 is 0. The Morgan fingerprint density at radius 3 is 2.05 bits per heavy atom. The summed E-state index contributed by atoms with van der Waals surface area (Å²) in [5.74, 6) is 1.74. The van der Waals surface area contributed by atoms with Crippen LogP contribution in [0.15, 0.2) is 206 Å². The Morgan fingerprint density at radius 1 is 0.492 bits per heavy atom. The third kappa shape index (κ3) is 6.48. The minimum Gasteiger partial charge on any atom is -0.457 e. The van der Waals surface area contributed by atoms with Crippen LogP contribution in [0.1, 0.15) is 19.4 Å². The number of aryl methyl sites for hydroxylation is 2. The maximum absolute atomic E-state index is 8.80. The maximum Gasteiger partial charge on any atom is 0.137 e. The van der Waals surface area contributed by atoms with Crippen LogP contribution in [0.5, 0.6) is 11.5 Å². The van der Waals surface area contributed by atoms with Crippen LogP contribution < -0.4 is 14.5 Å². The number of hydrogen-bond acceptors (Lipinski definition) is 4. The van der Waals surface area contributed by atoms with Gasteiger partial charge in [-0.1, -0.05) is 133 Å². The number of anilines is 4. The van der Waals surface area contributed by atoms with E-state index in [9.17, 15) is 0 Å². The predicted octanol–water partition coefficient (Wildman–Crippen LogP) is 14.8. The number of benzene rings is 8. The number of nitrogens with zero attached hydrogens (tertiary/aromatic N) is 4. The Bertz CT molecular complexity index is 3480. The van der Waals surface area contributed by atoms with Crippen molar-refractivity contribution in [2.75, 3.05) is 16.5 Å². The van der Waals surface area contributed by atoms with E-state index in [1.165, 1.54) is 6.07 Å². The Morgan fingerprint density at radius 2 is 1.21 bits per heavy atom. The third-order valence-corrected chi connectivity index (χ3v) is 11.5. The van der Waals surface area contributed by atoms with Gasteiger partial charge in [-0.15, -0.1) is 0 Å². The Kier molecular flexibility index (Phi) is 7.45. The molecule has 8 aromatic carbocycles. The van der Waals surface area contributed by atoms with Gasteiger partial charge in [0.25, 0.3) is 0 Å². The summed E-state index contributed by atoms with van der Waals surface area (Å²) in [6.45, 7) is -4.24. The number of ether oxygens (including phenoxy) is 1. The van der Waals surface area contributed by atoms with Gasteiger partial charge in [-0.3, -0.25) is 4.57 Å². The molecule has 0 saturated heterocycles. The molecular formula is C56H42N4O. The number of pyridine rings is 1. The molecule has 5 nitrogen and oxygen atoms in total. The first-order valence-electron chi connectivity index (χ1n) is 23.3. The van der Waals surface area contributed by atoms with Crippen molar-refractivity contribution >= 4 is 44.6 Å². The van der Waals surface area contributed by atoms with Crippen molar-refractivity contribution in [3.05, 3.63) is 218 Å². The summed E-state index contributed by atoms with van der Waals surface area (Å²) in [4.78, 5) is 9.16. The lowest BCUT2D eigenvalue weighted by molar-refractivity contribution is 0.483. The number of para-hydroxylation sites is 4. The van der Waals surface area contributed by atoms with Crippen LogP contribution in [0.25, 0.3) is 61.0 Å². The highest BCUT2D eigenvalue weighted by Gasteiger charge is 2.31. The first-order chi connectivity index (χ1) is 32.5. The molecule has 0 unspecified atom stereocenters. The van der Waals surface area contributed by atoms with Crippen LogP contribution in [-0.4, -0.2) is 16.2 Å². The topological polar surface area (TPSA) is 33.5 Å². The second-order valence-corrected chi connectivity index (χ2v) is 15.2. The molecule has 0 spiro atoms. The highest BCUT2D eigenvalue weighted by atomic mass is 16.5. The average molecular weight is 793 g/mol. The molecule has 1 aliphatic rings. The minimum absolute atomic E-state index is 0.215. The van der Waals surface area contributed by atoms with E-state index in [1.54, 1.807) is 12.3 Å². The summed E-state index contributed by atoms with van der Waals surface area (Å²) in [6.07, 6.45) is 1.54. The van der Waals surface area contributed by atoms with E-state index in [1.807, 2.05) is 150 Å². The third-order valence-electron chi connectivity index (χ3n) is 11.5. The number of rotatable bonds is 8. The van der Waals surface area contributed by atoms with Gasteiger partial charge in [-0.2, -0.15) is 0 Å². The van der Waals surface area contributed by atoms with Crippen molar-refractivity contribution in [1.82, 2.24) is 9.55 Å².